The summed E-state index contributed by atoms with van der Waals surface area (Å²) >= 11 is 0. The Morgan fingerprint density at radius 3 is 1.95 bits per heavy atom. The zero-order valence-corrected chi connectivity index (χ0v) is 13.8. The van der Waals surface area contributed by atoms with Crippen LogP contribution in [0.15, 0.2) is 0 Å². The Kier molecular flexibility index (Phi) is 7.40. The van der Waals surface area contributed by atoms with E-state index in [1.807, 2.05) is 13.8 Å². The summed E-state index contributed by atoms with van der Waals surface area (Å²) in [6, 6.07) is 0. The summed E-state index contributed by atoms with van der Waals surface area (Å²) in [6.07, 6.45) is 2.60. The fourth-order valence-electron chi connectivity index (χ4n) is 3.14. The van der Waals surface area contributed by atoms with E-state index >= 15 is 0 Å². The number of rotatable bonds is 8. The topological polar surface area (TPSA) is 39.2 Å². The van der Waals surface area contributed by atoms with Crippen LogP contribution in [0.25, 0.3) is 0 Å². The standard InChI is InChI=1S/C16H33N3O2/c1-15(2)21-14-16(20)13-19-11-9-18(10-12-19)8-7-17-5-3-4-6-17/h15-16,20H,3-14H2,1-2H3/t16-/m1/s1. The van der Waals surface area contributed by atoms with E-state index in [0.717, 1.165) is 32.7 Å². The van der Waals surface area contributed by atoms with Gasteiger partial charge in [-0.2, -0.15) is 0 Å². The Morgan fingerprint density at radius 2 is 1.38 bits per heavy atom. The van der Waals surface area contributed by atoms with Gasteiger partial charge in [-0.1, -0.05) is 0 Å². The highest BCUT2D eigenvalue weighted by molar-refractivity contribution is 4.76. The number of aliphatic hydroxyl groups is 1. The summed E-state index contributed by atoms with van der Waals surface area (Å²) in [5.74, 6) is 0. The third-order valence-electron chi connectivity index (χ3n) is 4.49. The summed E-state index contributed by atoms with van der Waals surface area (Å²) < 4.78 is 5.47. The molecule has 0 aromatic carbocycles. The molecule has 2 rings (SSSR count). The third kappa shape index (κ3) is 6.61. The van der Waals surface area contributed by atoms with Crippen LogP contribution >= 0.6 is 0 Å². The van der Waals surface area contributed by atoms with Crippen LogP contribution < -0.4 is 0 Å². The molecule has 0 aromatic rings. The van der Waals surface area contributed by atoms with Crippen LogP contribution in [0.4, 0.5) is 0 Å². The molecule has 21 heavy (non-hydrogen) atoms. The molecule has 0 spiro atoms. The second-order valence-electron chi connectivity index (χ2n) is 6.73. The van der Waals surface area contributed by atoms with Crippen molar-refractivity contribution in [3.63, 3.8) is 0 Å². The van der Waals surface area contributed by atoms with Crippen molar-refractivity contribution in [2.75, 3.05) is 65.5 Å². The van der Waals surface area contributed by atoms with Crippen molar-refractivity contribution >= 4 is 0 Å². The monoisotopic (exact) mass is 299 g/mol. The molecule has 1 atom stereocenters. The van der Waals surface area contributed by atoms with Crippen molar-refractivity contribution < 1.29 is 9.84 Å². The highest BCUT2D eigenvalue weighted by Crippen LogP contribution is 2.08. The molecule has 0 unspecified atom stereocenters. The van der Waals surface area contributed by atoms with Gasteiger partial charge in [0.2, 0.25) is 0 Å². The maximum atomic E-state index is 9.98. The first-order chi connectivity index (χ1) is 10.1. The lowest BCUT2D eigenvalue weighted by atomic mass is 10.2. The van der Waals surface area contributed by atoms with Gasteiger partial charge in [0.05, 0.1) is 18.8 Å². The number of nitrogens with zero attached hydrogens (tertiary/aromatic N) is 3. The highest BCUT2D eigenvalue weighted by atomic mass is 16.5. The van der Waals surface area contributed by atoms with Crippen molar-refractivity contribution in [3.8, 4) is 0 Å². The van der Waals surface area contributed by atoms with E-state index in [-0.39, 0.29) is 12.2 Å². The van der Waals surface area contributed by atoms with Crippen molar-refractivity contribution in [2.24, 2.45) is 0 Å². The summed E-state index contributed by atoms with van der Waals surface area (Å²) in [6.45, 7) is 14.6. The van der Waals surface area contributed by atoms with E-state index < -0.39 is 0 Å². The van der Waals surface area contributed by atoms with E-state index in [0.29, 0.717) is 6.61 Å². The molecule has 2 aliphatic heterocycles. The fraction of sp³-hybridized carbons (Fsp3) is 1.00. The van der Waals surface area contributed by atoms with Crippen LogP contribution in [-0.2, 0) is 4.74 Å². The van der Waals surface area contributed by atoms with E-state index in [4.69, 9.17) is 4.74 Å². The number of hydrogen-bond donors (Lipinski definition) is 1. The zero-order valence-electron chi connectivity index (χ0n) is 13.8. The summed E-state index contributed by atoms with van der Waals surface area (Å²) in [5.41, 5.74) is 0. The van der Waals surface area contributed by atoms with Crippen molar-refractivity contribution in [1.29, 1.82) is 0 Å². The summed E-state index contributed by atoms with van der Waals surface area (Å²) in [7, 11) is 0. The fourth-order valence-corrected chi connectivity index (χ4v) is 3.14. The Labute approximate surface area is 129 Å². The van der Waals surface area contributed by atoms with Gasteiger partial charge in [0.25, 0.3) is 0 Å². The van der Waals surface area contributed by atoms with Gasteiger partial charge in [-0.3, -0.25) is 9.80 Å². The van der Waals surface area contributed by atoms with E-state index in [9.17, 15) is 5.11 Å². The van der Waals surface area contributed by atoms with Crippen molar-refractivity contribution in [1.82, 2.24) is 14.7 Å². The Hall–Kier alpha value is -0.200. The maximum absolute atomic E-state index is 9.98. The number of ether oxygens (including phenoxy) is 1. The average molecular weight is 299 g/mol. The molecule has 0 amide bonds. The minimum Gasteiger partial charge on any atom is -0.389 e. The molecule has 124 valence electrons. The Bertz CT molecular complexity index is 275. The first-order valence-electron chi connectivity index (χ1n) is 8.60. The number of aliphatic hydroxyl groups excluding tert-OH is 1. The molecule has 5 heteroatoms. The molecule has 2 fully saturated rings. The minimum atomic E-state index is -0.358. The molecule has 5 nitrogen and oxygen atoms in total. The number of piperazine rings is 1. The van der Waals surface area contributed by atoms with Gasteiger partial charge in [0, 0.05) is 45.8 Å². The summed E-state index contributed by atoms with van der Waals surface area (Å²) in [4.78, 5) is 7.51. The average Bonchev–Trinajstić information content (AvgIpc) is 2.98. The second kappa shape index (κ2) is 9.06. The number of β-amino-alcohol motifs (C(OH)–C–C–N with tert-alkyl or cyclic N) is 1. The predicted molar refractivity (Wildman–Crippen MR) is 85.6 cm³/mol. The van der Waals surface area contributed by atoms with Gasteiger partial charge >= 0.3 is 0 Å². The van der Waals surface area contributed by atoms with Crippen LogP contribution in [0.3, 0.4) is 0 Å². The van der Waals surface area contributed by atoms with Crippen molar-refractivity contribution in [3.05, 3.63) is 0 Å². The van der Waals surface area contributed by atoms with Gasteiger partial charge in [-0.15, -0.1) is 0 Å². The molecule has 2 heterocycles. The molecule has 1 N–H and O–H groups in total. The molecular formula is C16H33N3O2. The molecule has 0 bridgehead atoms. The molecule has 2 saturated heterocycles. The van der Waals surface area contributed by atoms with Gasteiger partial charge in [0.1, 0.15) is 0 Å². The van der Waals surface area contributed by atoms with Gasteiger partial charge in [0.15, 0.2) is 0 Å². The Balaban J connectivity index is 1.55. The number of hydrogen-bond acceptors (Lipinski definition) is 5. The Morgan fingerprint density at radius 1 is 0.857 bits per heavy atom. The highest BCUT2D eigenvalue weighted by Gasteiger charge is 2.20. The van der Waals surface area contributed by atoms with Crippen LogP contribution in [0.1, 0.15) is 26.7 Å². The van der Waals surface area contributed by atoms with E-state index in [1.165, 1.54) is 39.0 Å². The van der Waals surface area contributed by atoms with Crippen LogP contribution in [0.5, 0.6) is 0 Å². The molecule has 0 radical (unpaired) electrons. The zero-order chi connectivity index (χ0) is 15.1. The lowest BCUT2D eigenvalue weighted by Gasteiger charge is -2.36. The molecule has 0 aliphatic carbocycles. The van der Waals surface area contributed by atoms with Crippen LogP contribution in [-0.4, -0.2) is 97.5 Å². The van der Waals surface area contributed by atoms with Gasteiger partial charge in [-0.25, -0.2) is 0 Å². The first-order valence-corrected chi connectivity index (χ1v) is 8.60. The molecule has 0 aromatic heterocycles. The van der Waals surface area contributed by atoms with Gasteiger partial charge in [-0.05, 0) is 39.8 Å². The molecule has 0 saturated carbocycles. The van der Waals surface area contributed by atoms with Crippen LogP contribution in [0.2, 0.25) is 0 Å². The maximum Gasteiger partial charge on any atom is 0.0900 e. The SMILES string of the molecule is CC(C)OC[C@H](O)CN1CCN(CCN2CCCC2)CC1. The smallest absolute Gasteiger partial charge is 0.0900 e. The predicted octanol–water partition coefficient (Wildman–Crippen LogP) is 0.486. The first kappa shape index (κ1) is 17.2. The summed E-state index contributed by atoms with van der Waals surface area (Å²) in [5, 5.41) is 9.98. The molecular weight excluding hydrogens is 266 g/mol. The normalized spacial score (nSPS) is 24.0. The second-order valence-corrected chi connectivity index (χ2v) is 6.73. The molecule has 2 aliphatic rings. The lowest BCUT2D eigenvalue weighted by Crippen LogP contribution is -2.50. The van der Waals surface area contributed by atoms with Gasteiger partial charge < -0.3 is 14.7 Å². The quantitative estimate of drug-likeness (QED) is 0.706. The van der Waals surface area contributed by atoms with E-state index in [2.05, 4.69) is 14.7 Å². The van der Waals surface area contributed by atoms with Crippen molar-refractivity contribution in [2.45, 2.75) is 38.9 Å². The third-order valence-corrected chi connectivity index (χ3v) is 4.49. The largest absolute Gasteiger partial charge is 0.389 e. The number of likely N-dealkylation sites (tertiary alicyclic amines) is 1. The lowest BCUT2D eigenvalue weighted by molar-refractivity contribution is -0.0147. The minimum absolute atomic E-state index is 0.196. The van der Waals surface area contributed by atoms with E-state index in [1.54, 1.807) is 0 Å². The van der Waals surface area contributed by atoms with Crippen LogP contribution in [0, 0.1) is 0 Å².